The molecule has 0 aliphatic rings. The molecule has 27 heavy (non-hydrogen) atoms. The Labute approximate surface area is 163 Å². The second-order valence-corrected chi connectivity index (χ2v) is 7.82. The molecular weight excluding hydrogens is 326 g/mol. The Morgan fingerprint density at radius 1 is 1.04 bits per heavy atom. The van der Waals surface area contributed by atoms with Crippen molar-refractivity contribution in [1.29, 1.82) is 0 Å². The van der Waals surface area contributed by atoms with Gasteiger partial charge in [0, 0.05) is 10.9 Å². The van der Waals surface area contributed by atoms with Crippen LogP contribution < -0.4 is 0 Å². The Bertz CT molecular complexity index is 1000. The summed E-state index contributed by atoms with van der Waals surface area (Å²) in [6.45, 7) is 14.8. The first-order valence-corrected chi connectivity index (χ1v) is 9.72. The van der Waals surface area contributed by atoms with Crippen molar-refractivity contribution in [2.45, 2.75) is 41.0 Å². The lowest BCUT2D eigenvalue weighted by atomic mass is 9.94. The number of aromatic nitrogens is 1. The fourth-order valence-electron chi connectivity index (χ4n) is 3.76. The first-order valence-electron chi connectivity index (χ1n) is 9.72. The molecule has 1 heterocycles. The van der Waals surface area contributed by atoms with Gasteiger partial charge in [0.1, 0.15) is 0 Å². The summed E-state index contributed by atoms with van der Waals surface area (Å²) >= 11 is 0. The zero-order valence-electron chi connectivity index (χ0n) is 17.1. The molecule has 0 aliphatic carbocycles. The predicted octanol–water partition coefficient (Wildman–Crippen LogP) is 7.31. The van der Waals surface area contributed by atoms with Gasteiger partial charge in [0.25, 0.3) is 0 Å². The number of hydrogen-bond acceptors (Lipinski definition) is 1. The normalized spacial score (nSPS) is 12.0. The number of hydrogen-bond donors (Lipinski definition) is 0. The van der Waals surface area contributed by atoms with Crippen molar-refractivity contribution in [2.75, 3.05) is 0 Å². The summed E-state index contributed by atoms with van der Waals surface area (Å²) in [5.74, 6) is 0.590. The van der Waals surface area contributed by atoms with Gasteiger partial charge in [-0.25, -0.2) is 4.98 Å². The van der Waals surface area contributed by atoms with Crippen molar-refractivity contribution < 1.29 is 0 Å². The number of rotatable bonds is 5. The summed E-state index contributed by atoms with van der Waals surface area (Å²) in [6, 6.07) is 15.5. The number of benzene rings is 2. The van der Waals surface area contributed by atoms with Gasteiger partial charge in [-0.15, -0.1) is 0 Å². The lowest BCUT2D eigenvalue weighted by molar-refractivity contribution is 0.650. The third-order valence-electron chi connectivity index (χ3n) is 4.90. The molecule has 1 aromatic heterocycles. The highest BCUT2D eigenvalue weighted by Gasteiger charge is 2.11. The van der Waals surface area contributed by atoms with E-state index in [1.165, 1.54) is 33.2 Å². The molecule has 0 atom stereocenters. The summed E-state index contributed by atoms with van der Waals surface area (Å²) in [4.78, 5) is 5.00. The Balaban J connectivity index is 2.24. The molecule has 0 spiro atoms. The quantitative estimate of drug-likeness (QED) is 0.437. The Hall–Kier alpha value is -2.67. The zero-order valence-corrected chi connectivity index (χ0v) is 17.1. The highest BCUT2D eigenvalue weighted by molar-refractivity contribution is 5.89. The van der Waals surface area contributed by atoms with Crippen LogP contribution in [0.3, 0.4) is 0 Å². The molecule has 0 bridgehead atoms. The predicted molar refractivity (Wildman–Crippen MR) is 119 cm³/mol. The van der Waals surface area contributed by atoms with Crippen LogP contribution in [0.1, 0.15) is 43.0 Å². The average Bonchev–Trinajstić information content (AvgIpc) is 2.61. The van der Waals surface area contributed by atoms with Crippen molar-refractivity contribution in [1.82, 2.24) is 4.98 Å². The molecule has 0 radical (unpaired) electrons. The molecule has 3 aromatic rings. The maximum atomic E-state index is 5.00. The van der Waals surface area contributed by atoms with E-state index in [1.807, 2.05) is 6.08 Å². The molecule has 3 rings (SSSR count). The van der Waals surface area contributed by atoms with E-state index in [0.717, 1.165) is 23.2 Å². The van der Waals surface area contributed by atoms with Gasteiger partial charge in [0.05, 0.1) is 11.2 Å². The number of pyridine rings is 1. The van der Waals surface area contributed by atoms with Gasteiger partial charge in [0.2, 0.25) is 0 Å². The van der Waals surface area contributed by atoms with Gasteiger partial charge in [-0.2, -0.15) is 0 Å². The Morgan fingerprint density at radius 2 is 1.74 bits per heavy atom. The molecule has 0 aliphatic heterocycles. The Morgan fingerprint density at radius 3 is 2.33 bits per heavy atom. The van der Waals surface area contributed by atoms with E-state index in [9.17, 15) is 0 Å². The van der Waals surface area contributed by atoms with Gasteiger partial charge in [-0.05, 0) is 80.1 Å². The fourth-order valence-corrected chi connectivity index (χ4v) is 3.76. The maximum absolute atomic E-state index is 5.00. The average molecular weight is 356 g/mol. The van der Waals surface area contributed by atoms with Crippen LogP contribution in [0, 0.1) is 19.8 Å². The van der Waals surface area contributed by atoms with Crippen LogP contribution in [0.4, 0.5) is 0 Å². The van der Waals surface area contributed by atoms with Crippen LogP contribution in [-0.4, -0.2) is 4.98 Å². The Kier molecular flexibility index (Phi) is 5.60. The highest BCUT2D eigenvalue weighted by atomic mass is 14.7. The molecule has 0 saturated heterocycles. The summed E-state index contributed by atoms with van der Waals surface area (Å²) in [5, 5.41) is 1.25. The van der Waals surface area contributed by atoms with Crippen LogP contribution in [0.25, 0.3) is 27.7 Å². The van der Waals surface area contributed by atoms with Crippen molar-refractivity contribution in [3.63, 3.8) is 0 Å². The molecule has 0 unspecified atom stereocenters. The topological polar surface area (TPSA) is 12.9 Å². The molecule has 0 amide bonds. The van der Waals surface area contributed by atoms with Crippen molar-refractivity contribution in [2.24, 2.45) is 5.92 Å². The minimum absolute atomic E-state index is 0.590. The minimum atomic E-state index is 0.590. The molecule has 138 valence electrons. The second-order valence-electron chi connectivity index (χ2n) is 7.82. The van der Waals surface area contributed by atoms with Crippen molar-refractivity contribution in [3.8, 4) is 11.3 Å². The van der Waals surface area contributed by atoms with Crippen LogP contribution in [0.15, 0.2) is 61.2 Å². The van der Waals surface area contributed by atoms with Crippen LogP contribution >= 0.6 is 0 Å². The molecule has 1 nitrogen and oxygen atoms in total. The van der Waals surface area contributed by atoms with Gasteiger partial charge in [-0.3, -0.25) is 0 Å². The lowest BCUT2D eigenvalue weighted by Crippen LogP contribution is -1.99. The van der Waals surface area contributed by atoms with E-state index >= 15 is 0 Å². The van der Waals surface area contributed by atoms with E-state index in [-0.39, 0.29) is 0 Å². The third-order valence-corrected chi connectivity index (χ3v) is 4.90. The van der Waals surface area contributed by atoms with Crippen LogP contribution in [0.5, 0.6) is 0 Å². The molecule has 1 heteroatoms. The van der Waals surface area contributed by atoms with E-state index in [0.29, 0.717) is 5.92 Å². The molecule has 0 saturated carbocycles. The lowest BCUT2D eigenvalue weighted by Gasteiger charge is -2.14. The summed E-state index contributed by atoms with van der Waals surface area (Å²) < 4.78 is 0. The number of nitrogens with zero attached hydrogens (tertiary/aromatic N) is 1. The van der Waals surface area contributed by atoms with E-state index < -0.39 is 0 Å². The van der Waals surface area contributed by atoms with Gasteiger partial charge in [0.15, 0.2) is 0 Å². The van der Waals surface area contributed by atoms with E-state index in [1.54, 1.807) is 0 Å². The number of fused-ring (bicyclic) bond motifs is 1. The van der Waals surface area contributed by atoms with Crippen molar-refractivity contribution >= 4 is 16.5 Å². The highest BCUT2D eigenvalue weighted by Crippen LogP contribution is 2.30. The van der Waals surface area contributed by atoms with Crippen LogP contribution in [-0.2, 0) is 6.42 Å². The minimum Gasteiger partial charge on any atom is -0.248 e. The summed E-state index contributed by atoms with van der Waals surface area (Å²) in [6.07, 6.45) is 5.06. The molecule has 0 N–H and O–H groups in total. The van der Waals surface area contributed by atoms with E-state index in [4.69, 9.17) is 4.98 Å². The fraction of sp³-hybridized carbons (Fsp3) is 0.269. The standard InChI is InChI=1S/C26H29N/c1-7-20(8-2)21-9-10-25-24(15-21)22(11-17(3)4)16-26(27-25)23-13-18(5)12-19(6)14-23/h7-10,12-17H,1,11H2,2-6H3/b20-8+. The largest absolute Gasteiger partial charge is 0.248 e. The summed E-state index contributed by atoms with van der Waals surface area (Å²) in [5.41, 5.74) is 9.59. The first kappa shape index (κ1) is 19.1. The molecular formula is C26H29N. The van der Waals surface area contributed by atoms with Gasteiger partial charge >= 0.3 is 0 Å². The number of aryl methyl sites for hydroxylation is 2. The molecule has 2 aromatic carbocycles. The zero-order chi connectivity index (χ0) is 19.6. The SMILES string of the molecule is C=C/C(=C\C)c1ccc2nc(-c3cc(C)cc(C)c3)cc(CC(C)C)c2c1. The van der Waals surface area contributed by atoms with Gasteiger partial charge in [-0.1, -0.05) is 55.8 Å². The van der Waals surface area contributed by atoms with Gasteiger partial charge < -0.3 is 0 Å². The smallest absolute Gasteiger partial charge is 0.0712 e. The summed E-state index contributed by atoms with van der Waals surface area (Å²) in [7, 11) is 0. The maximum Gasteiger partial charge on any atom is 0.0712 e. The van der Waals surface area contributed by atoms with E-state index in [2.05, 4.69) is 89.7 Å². The monoisotopic (exact) mass is 355 g/mol. The van der Waals surface area contributed by atoms with Crippen molar-refractivity contribution in [3.05, 3.63) is 83.4 Å². The first-order chi connectivity index (χ1) is 12.9. The number of allylic oxidation sites excluding steroid dienone is 3. The van der Waals surface area contributed by atoms with Crippen LogP contribution in [0.2, 0.25) is 0 Å². The second kappa shape index (κ2) is 7.92. The third kappa shape index (κ3) is 4.19. The molecule has 0 fully saturated rings.